The lowest BCUT2D eigenvalue weighted by Crippen LogP contribution is -2.51. The number of fused-ring (bicyclic) bond motifs is 2. The summed E-state index contributed by atoms with van der Waals surface area (Å²) >= 11 is 0. The standard InChI is InChI=1S/C24H24N2O5/c1-30-20-12-10-16(15-21(20)31-2)11-13-22(27)26-18-8-4-3-7-17(18)23(28)25-14-6-5-9-19(25)24(26)29/h3-4,7-8,10-13,15,19H,5-6,9,14H2,1-2H3/b13-11+/t19-/m0/s1. The molecule has 0 unspecified atom stereocenters. The minimum Gasteiger partial charge on any atom is -0.493 e. The summed E-state index contributed by atoms with van der Waals surface area (Å²) in [5, 5.41) is 0. The number of imide groups is 1. The van der Waals surface area contributed by atoms with Crippen LogP contribution in [0, 0.1) is 0 Å². The molecule has 2 aromatic carbocycles. The van der Waals surface area contributed by atoms with Crippen LogP contribution in [-0.2, 0) is 9.59 Å². The van der Waals surface area contributed by atoms with Gasteiger partial charge >= 0.3 is 0 Å². The fraction of sp³-hybridized carbons (Fsp3) is 0.292. The van der Waals surface area contributed by atoms with Crippen molar-refractivity contribution < 1.29 is 23.9 Å². The smallest absolute Gasteiger partial charge is 0.257 e. The van der Waals surface area contributed by atoms with Crippen LogP contribution in [0.1, 0.15) is 35.2 Å². The number of amides is 3. The topological polar surface area (TPSA) is 76.2 Å². The molecule has 1 fully saturated rings. The number of rotatable bonds is 4. The average Bonchev–Trinajstić information content (AvgIpc) is 2.91. The monoisotopic (exact) mass is 420 g/mol. The van der Waals surface area contributed by atoms with Gasteiger partial charge in [0.05, 0.1) is 25.5 Å². The predicted molar refractivity (Wildman–Crippen MR) is 116 cm³/mol. The lowest BCUT2D eigenvalue weighted by Gasteiger charge is -2.33. The normalized spacial score (nSPS) is 18.5. The zero-order valence-electron chi connectivity index (χ0n) is 17.5. The number of hydrogen-bond acceptors (Lipinski definition) is 5. The maximum atomic E-state index is 13.4. The first-order valence-electron chi connectivity index (χ1n) is 10.2. The van der Waals surface area contributed by atoms with Crippen molar-refractivity contribution in [3.63, 3.8) is 0 Å². The summed E-state index contributed by atoms with van der Waals surface area (Å²) in [7, 11) is 3.09. The van der Waals surface area contributed by atoms with Crippen LogP contribution in [0.25, 0.3) is 6.08 Å². The van der Waals surface area contributed by atoms with Crippen molar-refractivity contribution in [1.82, 2.24) is 4.90 Å². The van der Waals surface area contributed by atoms with E-state index in [4.69, 9.17) is 9.47 Å². The van der Waals surface area contributed by atoms with E-state index in [0.717, 1.165) is 23.3 Å². The Kier molecular flexibility index (Phi) is 5.75. The number of para-hydroxylation sites is 1. The Morgan fingerprint density at radius 2 is 1.81 bits per heavy atom. The summed E-state index contributed by atoms with van der Waals surface area (Å²) in [6.07, 6.45) is 5.22. The van der Waals surface area contributed by atoms with Crippen LogP contribution in [0.3, 0.4) is 0 Å². The van der Waals surface area contributed by atoms with Gasteiger partial charge in [-0.3, -0.25) is 14.4 Å². The molecule has 0 aromatic heterocycles. The van der Waals surface area contributed by atoms with Crippen LogP contribution in [0.15, 0.2) is 48.5 Å². The van der Waals surface area contributed by atoms with Crippen LogP contribution in [-0.4, -0.2) is 49.4 Å². The molecule has 0 aliphatic carbocycles. The van der Waals surface area contributed by atoms with Gasteiger partial charge in [0, 0.05) is 12.6 Å². The number of carbonyl (C=O) groups excluding carboxylic acids is 3. The molecule has 0 radical (unpaired) electrons. The first-order chi connectivity index (χ1) is 15.0. The van der Waals surface area contributed by atoms with Crippen molar-refractivity contribution in [2.75, 3.05) is 25.7 Å². The zero-order valence-corrected chi connectivity index (χ0v) is 17.5. The molecule has 3 amide bonds. The highest BCUT2D eigenvalue weighted by atomic mass is 16.5. The fourth-order valence-corrected chi connectivity index (χ4v) is 4.13. The van der Waals surface area contributed by atoms with Crippen molar-refractivity contribution in [2.24, 2.45) is 0 Å². The van der Waals surface area contributed by atoms with E-state index >= 15 is 0 Å². The van der Waals surface area contributed by atoms with Crippen LogP contribution in [0.2, 0.25) is 0 Å². The lowest BCUT2D eigenvalue weighted by molar-refractivity contribution is -0.128. The first kappa shape index (κ1) is 20.7. The van der Waals surface area contributed by atoms with Crippen molar-refractivity contribution in [3.05, 3.63) is 59.7 Å². The molecule has 7 nitrogen and oxygen atoms in total. The maximum Gasteiger partial charge on any atom is 0.257 e. The molecule has 2 heterocycles. The third kappa shape index (κ3) is 3.79. The largest absolute Gasteiger partial charge is 0.493 e. The molecular weight excluding hydrogens is 396 g/mol. The van der Waals surface area contributed by atoms with E-state index in [-0.39, 0.29) is 11.8 Å². The van der Waals surface area contributed by atoms with Crippen molar-refractivity contribution in [3.8, 4) is 11.5 Å². The number of benzene rings is 2. The molecule has 2 aliphatic rings. The van der Waals surface area contributed by atoms with Crippen molar-refractivity contribution >= 4 is 29.5 Å². The third-order valence-corrected chi connectivity index (χ3v) is 5.69. The molecule has 7 heteroatoms. The molecule has 31 heavy (non-hydrogen) atoms. The molecule has 1 saturated heterocycles. The predicted octanol–water partition coefficient (Wildman–Crippen LogP) is 3.29. The molecule has 0 bridgehead atoms. The number of anilines is 1. The highest BCUT2D eigenvalue weighted by Gasteiger charge is 2.42. The number of nitrogens with zero attached hydrogens (tertiary/aromatic N) is 2. The van der Waals surface area contributed by atoms with E-state index < -0.39 is 11.9 Å². The fourth-order valence-electron chi connectivity index (χ4n) is 4.13. The van der Waals surface area contributed by atoms with Gasteiger partial charge in [0.1, 0.15) is 6.04 Å². The SMILES string of the molecule is COc1ccc(/C=C/C(=O)N2C(=O)[C@@H]3CCCCN3C(=O)c3ccccc32)cc1OC. The Balaban J connectivity index is 1.69. The highest BCUT2D eigenvalue weighted by molar-refractivity contribution is 6.25. The quantitative estimate of drug-likeness (QED) is 0.710. The molecule has 2 aliphatic heterocycles. The van der Waals surface area contributed by atoms with E-state index in [1.165, 1.54) is 13.2 Å². The second-order valence-electron chi connectivity index (χ2n) is 7.49. The minimum absolute atomic E-state index is 0.201. The lowest BCUT2D eigenvalue weighted by atomic mass is 10.0. The molecule has 4 rings (SSSR count). The molecule has 0 saturated carbocycles. The number of piperidine rings is 1. The second kappa shape index (κ2) is 8.63. The van der Waals surface area contributed by atoms with E-state index in [9.17, 15) is 14.4 Å². The maximum absolute atomic E-state index is 13.4. The van der Waals surface area contributed by atoms with Gasteiger partial charge in [-0.1, -0.05) is 18.2 Å². The van der Waals surface area contributed by atoms with Crippen molar-refractivity contribution in [2.45, 2.75) is 25.3 Å². The number of ether oxygens (including phenoxy) is 2. The highest BCUT2D eigenvalue weighted by Crippen LogP contribution is 2.32. The molecule has 0 N–H and O–H groups in total. The summed E-state index contributed by atoms with van der Waals surface area (Å²) in [4.78, 5) is 42.4. The molecule has 0 spiro atoms. The van der Waals surface area contributed by atoms with E-state index in [0.29, 0.717) is 35.7 Å². The van der Waals surface area contributed by atoms with E-state index in [1.807, 2.05) is 0 Å². The third-order valence-electron chi connectivity index (χ3n) is 5.69. The van der Waals surface area contributed by atoms with Gasteiger partial charge in [0.2, 0.25) is 0 Å². The van der Waals surface area contributed by atoms with Gasteiger partial charge in [-0.2, -0.15) is 0 Å². The summed E-state index contributed by atoms with van der Waals surface area (Å²) in [5.41, 5.74) is 1.42. The van der Waals surface area contributed by atoms with E-state index in [2.05, 4.69) is 0 Å². The Morgan fingerprint density at radius 3 is 2.58 bits per heavy atom. The Hall–Kier alpha value is -3.61. The van der Waals surface area contributed by atoms with Gasteiger partial charge < -0.3 is 14.4 Å². The zero-order chi connectivity index (χ0) is 22.0. The number of carbonyl (C=O) groups is 3. The number of methoxy groups -OCH3 is 2. The molecule has 2 aromatic rings. The summed E-state index contributed by atoms with van der Waals surface area (Å²) in [5.74, 6) is 0.0653. The summed E-state index contributed by atoms with van der Waals surface area (Å²) in [6.45, 7) is 0.521. The summed E-state index contributed by atoms with van der Waals surface area (Å²) in [6, 6.07) is 11.4. The summed E-state index contributed by atoms with van der Waals surface area (Å²) < 4.78 is 10.5. The number of hydrogen-bond donors (Lipinski definition) is 0. The van der Waals surface area contributed by atoms with Gasteiger partial charge in [-0.15, -0.1) is 0 Å². The minimum atomic E-state index is -0.618. The van der Waals surface area contributed by atoms with E-state index in [1.54, 1.807) is 60.6 Å². The molecular formula is C24H24N2O5. The van der Waals surface area contributed by atoms with Gasteiger partial charge in [-0.05, 0) is 55.2 Å². The van der Waals surface area contributed by atoms with Crippen LogP contribution >= 0.6 is 0 Å². The van der Waals surface area contributed by atoms with Crippen LogP contribution in [0.4, 0.5) is 5.69 Å². The Morgan fingerprint density at radius 1 is 1.03 bits per heavy atom. The molecule has 160 valence electrons. The second-order valence-corrected chi connectivity index (χ2v) is 7.49. The average molecular weight is 420 g/mol. The Labute approximate surface area is 180 Å². The van der Waals surface area contributed by atoms with Gasteiger partial charge in [-0.25, -0.2) is 4.90 Å². The van der Waals surface area contributed by atoms with Crippen LogP contribution < -0.4 is 14.4 Å². The van der Waals surface area contributed by atoms with Gasteiger partial charge in [0.15, 0.2) is 11.5 Å². The van der Waals surface area contributed by atoms with Crippen LogP contribution in [0.5, 0.6) is 11.5 Å². The molecule has 1 atom stereocenters. The Bertz CT molecular complexity index is 1060. The van der Waals surface area contributed by atoms with Gasteiger partial charge in [0.25, 0.3) is 17.7 Å². The first-order valence-corrected chi connectivity index (χ1v) is 10.2. The van der Waals surface area contributed by atoms with Crippen molar-refractivity contribution in [1.29, 1.82) is 0 Å².